The lowest BCUT2D eigenvalue weighted by atomic mass is 10.0. The Labute approximate surface area is 175 Å². The second-order valence-electron chi connectivity index (χ2n) is 7.94. The van der Waals surface area contributed by atoms with Crippen LogP contribution in [0.1, 0.15) is 45.0 Å². The standard InChI is InChI=1S/C24H26N2O4/c1-26(14-18-11-12-29-16-18)24(28)23-21(15-27)22(30-25-23)8-4-5-17-9-10-19-6-2-3-7-20(19)13-17/h2-3,6-7,9-10,13,15,18H,4-5,8,11-12,14,16H2,1H3. The van der Waals surface area contributed by atoms with Crippen molar-refractivity contribution >= 4 is 23.0 Å². The molecule has 30 heavy (non-hydrogen) atoms. The highest BCUT2D eigenvalue weighted by Gasteiger charge is 2.26. The molecule has 0 N–H and O–H groups in total. The molecule has 4 rings (SSSR count). The zero-order valence-corrected chi connectivity index (χ0v) is 17.2. The highest BCUT2D eigenvalue weighted by Crippen LogP contribution is 2.20. The summed E-state index contributed by atoms with van der Waals surface area (Å²) in [4.78, 5) is 26.0. The van der Waals surface area contributed by atoms with Gasteiger partial charge in [-0.2, -0.15) is 0 Å². The molecule has 6 heteroatoms. The maximum absolute atomic E-state index is 12.7. The quantitative estimate of drug-likeness (QED) is 0.530. The number of nitrogens with zero attached hydrogens (tertiary/aromatic N) is 2. The third-order valence-corrected chi connectivity index (χ3v) is 5.71. The molecule has 156 valence electrons. The maximum atomic E-state index is 12.7. The zero-order chi connectivity index (χ0) is 20.9. The van der Waals surface area contributed by atoms with Crippen LogP contribution < -0.4 is 0 Å². The highest BCUT2D eigenvalue weighted by atomic mass is 16.5. The van der Waals surface area contributed by atoms with Gasteiger partial charge < -0.3 is 14.2 Å². The third kappa shape index (κ3) is 4.44. The summed E-state index contributed by atoms with van der Waals surface area (Å²) in [6.07, 6.45) is 3.84. The molecule has 1 aliphatic heterocycles. The van der Waals surface area contributed by atoms with E-state index in [1.807, 2.05) is 12.1 Å². The van der Waals surface area contributed by atoms with E-state index in [0.717, 1.165) is 25.9 Å². The average Bonchev–Trinajstić information content (AvgIpc) is 3.42. The van der Waals surface area contributed by atoms with Crippen LogP contribution in [0.2, 0.25) is 0 Å². The lowest BCUT2D eigenvalue weighted by Crippen LogP contribution is -2.32. The van der Waals surface area contributed by atoms with Crippen molar-refractivity contribution in [3.63, 3.8) is 0 Å². The van der Waals surface area contributed by atoms with E-state index in [-0.39, 0.29) is 17.2 Å². The van der Waals surface area contributed by atoms with Gasteiger partial charge in [0.1, 0.15) is 5.76 Å². The van der Waals surface area contributed by atoms with E-state index in [4.69, 9.17) is 9.26 Å². The lowest BCUT2D eigenvalue weighted by molar-refractivity contribution is 0.0753. The Bertz CT molecular complexity index is 1040. The molecule has 3 aromatic rings. The van der Waals surface area contributed by atoms with E-state index < -0.39 is 0 Å². The summed E-state index contributed by atoms with van der Waals surface area (Å²) in [5, 5.41) is 6.35. The molecule has 0 saturated carbocycles. The largest absolute Gasteiger partial charge is 0.381 e. The van der Waals surface area contributed by atoms with Crippen molar-refractivity contribution < 1.29 is 18.8 Å². The van der Waals surface area contributed by atoms with Crippen molar-refractivity contribution in [2.45, 2.75) is 25.7 Å². The number of ether oxygens (including phenoxy) is 1. The van der Waals surface area contributed by atoms with E-state index in [1.54, 1.807) is 11.9 Å². The summed E-state index contributed by atoms with van der Waals surface area (Å²) in [7, 11) is 1.73. The maximum Gasteiger partial charge on any atom is 0.276 e. The van der Waals surface area contributed by atoms with Crippen LogP contribution in [0, 0.1) is 5.92 Å². The van der Waals surface area contributed by atoms with Crippen molar-refractivity contribution in [2.75, 3.05) is 26.8 Å². The predicted octanol–water partition coefficient (Wildman–Crippen LogP) is 3.92. The van der Waals surface area contributed by atoms with Crippen molar-refractivity contribution in [3.05, 3.63) is 65.0 Å². The smallest absolute Gasteiger partial charge is 0.276 e. The highest BCUT2D eigenvalue weighted by molar-refractivity contribution is 6.00. The third-order valence-electron chi connectivity index (χ3n) is 5.71. The molecule has 0 bridgehead atoms. The Hall–Kier alpha value is -2.99. The van der Waals surface area contributed by atoms with Crippen LogP contribution in [0.25, 0.3) is 10.8 Å². The van der Waals surface area contributed by atoms with Gasteiger partial charge in [-0.15, -0.1) is 0 Å². The number of fused-ring (bicyclic) bond motifs is 1. The van der Waals surface area contributed by atoms with Gasteiger partial charge in [0.15, 0.2) is 12.0 Å². The van der Waals surface area contributed by atoms with Crippen LogP contribution in [-0.4, -0.2) is 49.1 Å². The summed E-state index contributed by atoms with van der Waals surface area (Å²) in [6, 6.07) is 14.7. The molecule has 0 spiro atoms. The molecule has 1 aromatic heterocycles. The van der Waals surface area contributed by atoms with Gasteiger partial charge in [-0.3, -0.25) is 9.59 Å². The number of aryl methyl sites for hydroxylation is 2. The summed E-state index contributed by atoms with van der Waals surface area (Å²) in [5.41, 5.74) is 1.61. The Morgan fingerprint density at radius 2 is 2.03 bits per heavy atom. The van der Waals surface area contributed by atoms with Crippen LogP contribution in [0.5, 0.6) is 0 Å². The van der Waals surface area contributed by atoms with Gasteiger partial charge >= 0.3 is 0 Å². The number of aldehydes is 1. The van der Waals surface area contributed by atoms with Crippen molar-refractivity contribution in [1.82, 2.24) is 10.1 Å². The van der Waals surface area contributed by atoms with Gasteiger partial charge in [0.05, 0.1) is 12.2 Å². The molecule has 1 atom stereocenters. The first-order chi connectivity index (χ1) is 14.7. The molecule has 1 aliphatic rings. The molecule has 2 heterocycles. The number of rotatable bonds is 8. The predicted molar refractivity (Wildman–Crippen MR) is 114 cm³/mol. The summed E-state index contributed by atoms with van der Waals surface area (Å²) in [5.74, 6) is 0.521. The number of benzene rings is 2. The molecule has 1 saturated heterocycles. The van der Waals surface area contributed by atoms with Crippen LogP contribution in [0.3, 0.4) is 0 Å². The number of hydrogen-bond acceptors (Lipinski definition) is 5. The number of hydrogen-bond donors (Lipinski definition) is 0. The number of amides is 1. The number of carbonyl (C=O) groups is 2. The molecule has 1 amide bonds. The first kappa shape index (κ1) is 20.3. The molecular weight excluding hydrogens is 380 g/mol. The van der Waals surface area contributed by atoms with E-state index in [1.165, 1.54) is 16.3 Å². The molecule has 1 unspecified atom stereocenters. The fourth-order valence-electron chi connectivity index (χ4n) is 4.01. The topological polar surface area (TPSA) is 72.6 Å². The fraction of sp³-hybridized carbons (Fsp3) is 0.375. The Balaban J connectivity index is 1.38. The fourth-order valence-corrected chi connectivity index (χ4v) is 4.01. The van der Waals surface area contributed by atoms with Gasteiger partial charge in [-0.25, -0.2) is 0 Å². The van der Waals surface area contributed by atoms with Gasteiger partial charge in [-0.1, -0.05) is 47.6 Å². The van der Waals surface area contributed by atoms with E-state index in [2.05, 4.69) is 35.5 Å². The van der Waals surface area contributed by atoms with Crippen LogP contribution in [0.15, 0.2) is 47.0 Å². The molecule has 1 fully saturated rings. The molecule has 2 aromatic carbocycles. The Morgan fingerprint density at radius 3 is 2.80 bits per heavy atom. The molecule has 0 aliphatic carbocycles. The van der Waals surface area contributed by atoms with Crippen molar-refractivity contribution in [2.24, 2.45) is 5.92 Å². The minimum atomic E-state index is -0.284. The van der Waals surface area contributed by atoms with E-state index in [0.29, 0.717) is 37.5 Å². The second kappa shape index (κ2) is 9.22. The Kier molecular flexibility index (Phi) is 6.23. The monoisotopic (exact) mass is 406 g/mol. The molecular formula is C24H26N2O4. The first-order valence-electron chi connectivity index (χ1n) is 10.4. The van der Waals surface area contributed by atoms with Crippen molar-refractivity contribution in [3.8, 4) is 0 Å². The van der Waals surface area contributed by atoms with Gasteiger partial charge in [0.25, 0.3) is 5.91 Å². The van der Waals surface area contributed by atoms with Crippen LogP contribution >= 0.6 is 0 Å². The normalized spacial score (nSPS) is 16.1. The average molecular weight is 406 g/mol. The molecule has 0 radical (unpaired) electrons. The lowest BCUT2D eigenvalue weighted by Gasteiger charge is -2.19. The number of aromatic nitrogens is 1. The van der Waals surface area contributed by atoms with E-state index in [9.17, 15) is 9.59 Å². The van der Waals surface area contributed by atoms with Crippen LogP contribution in [-0.2, 0) is 17.6 Å². The summed E-state index contributed by atoms with van der Waals surface area (Å²) in [6.45, 7) is 1.98. The van der Waals surface area contributed by atoms with Gasteiger partial charge in [0.2, 0.25) is 0 Å². The summed E-state index contributed by atoms with van der Waals surface area (Å²) >= 11 is 0. The zero-order valence-electron chi connectivity index (χ0n) is 17.2. The minimum absolute atomic E-state index is 0.104. The SMILES string of the molecule is CN(CC1CCOC1)C(=O)c1noc(CCCc2ccc3ccccc3c2)c1C=O. The number of carbonyl (C=O) groups excluding carboxylic acids is 2. The summed E-state index contributed by atoms with van der Waals surface area (Å²) < 4.78 is 10.8. The van der Waals surface area contributed by atoms with Crippen LogP contribution in [0.4, 0.5) is 0 Å². The first-order valence-corrected chi connectivity index (χ1v) is 10.4. The Morgan fingerprint density at radius 1 is 1.20 bits per heavy atom. The minimum Gasteiger partial charge on any atom is -0.381 e. The van der Waals surface area contributed by atoms with Gasteiger partial charge in [-0.05, 0) is 35.6 Å². The van der Waals surface area contributed by atoms with Crippen molar-refractivity contribution in [1.29, 1.82) is 0 Å². The van der Waals surface area contributed by atoms with Gasteiger partial charge in [0, 0.05) is 32.5 Å². The molecule has 6 nitrogen and oxygen atoms in total. The second-order valence-corrected chi connectivity index (χ2v) is 7.94. The van der Waals surface area contributed by atoms with E-state index >= 15 is 0 Å².